The van der Waals surface area contributed by atoms with E-state index in [9.17, 15) is 27.5 Å². The third-order valence-corrected chi connectivity index (χ3v) is 3.80. The third-order valence-electron chi connectivity index (χ3n) is 3.80. The van der Waals surface area contributed by atoms with Crippen molar-refractivity contribution in [3.63, 3.8) is 0 Å². The molecule has 0 aliphatic heterocycles. The summed E-state index contributed by atoms with van der Waals surface area (Å²) in [5.41, 5.74) is -0.736. The van der Waals surface area contributed by atoms with Crippen molar-refractivity contribution in [2.75, 3.05) is 13.6 Å². The van der Waals surface area contributed by atoms with Crippen LogP contribution in [0.2, 0.25) is 0 Å². The number of hydrogen-bond donors (Lipinski definition) is 1. The zero-order chi connectivity index (χ0) is 18.8. The van der Waals surface area contributed by atoms with E-state index in [0.29, 0.717) is 18.6 Å². The van der Waals surface area contributed by atoms with E-state index in [-0.39, 0.29) is 12.1 Å². The first-order chi connectivity index (χ1) is 11.6. The molecule has 1 aromatic carbocycles. The number of alkyl halides is 3. The Bertz CT molecular complexity index is 758. The number of nitrogens with zero attached hydrogens (tertiary/aromatic N) is 3. The van der Waals surface area contributed by atoms with Gasteiger partial charge in [-0.3, -0.25) is 14.4 Å². The van der Waals surface area contributed by atoms with Crippen LogP contribution in [0.3, 0.4) is 0 Å². The van der Waals surface area contributed by atoms with Gasteiger partial charge in [0.2, 0.25) is 0 Å². The van der Waals surface area contributed by atoms with Gasteiger partial charge in [-0.1, -0.05) is 6.07 Å². The van der Waals surface area contributed by atoms with E-state index in [1.807, 2.05) is 0 Å². The monoisotopic (exact) mass is 359 g/mol. The lowest BCUT2D eigenvalue weighted by Crippen LogP contribution is -2.32. The van der Waals surface area contributed by atoms with E-state index in [4.69, 9.17) is 0 Å². The highest BCUT2D eigenvalue weighted by Crippen LogP contribution is 2.34. The fourth-order valence-corrected chi connectivity index (χ4v) is 2.55. The van der Waals surface area contributed by atoms with Gasteiger partial charge >= 0.3 is 12.1 Å². The third kappa shape index (κ3) is 4.56. The number of aryl methyl sites for hydroxylation is 1. The van der Waals surface area contributed by atoms with E-state index in [2.05, 4.69) is 5.10 Å². The number of benzene rings is 1. The van der Waals surface area contributed by atoms with Crippen LogP contribution in [-0.2, 0) is 24.4 Å². The van der Waals surface area contributed by atoms with Gasteiger partial charge in [-0.15, -0.1) is 0 Å². The van der Waals surface area contributed by atoms with Gasteiger partial charge in [-0.25, -0.2) is 4.39 Å². The maximum Gasteiger partial charge on any atom is 0.419 e. The largest absolute Gasteiger partial charge is 0.480 e. The van der Waals surface area contributed by atoms with Crippen LogP contribution >= 0.6 is 0 Å². The van der Waals surface area contributed by atoms with Crippen molar-refractivity contribution in [3.05, 3.63) is 53.1 Å². The lowest BCUT2D eigenvalue weighted by molar-refractivity contribution is -0.144. The van der Waals surface area contributed by atoms with Crippen LogP contribution in [0.5, 0.6) is 0 Å². The Morgan fingerprint density at radius 2 is 2.08 bits per heavy atom. The molecule has 1 aromatic heterocycles. The Balaban J connectivity index is 2.23. The highest BCUT2D eigenvalue weighted by molar-refractivity contribution is 5.75. The highest BCUT2D eigenvalue weighted by Gasteiger charge is 2.36. The number of aliphatic carboxylic acids is 1. The molecule has 0 aliphatic carbocycles. The topological polar surface area (TPSA) is 58.4 Å². The molecule has 0 fully saturated rings. The quantitative estimate of drug-likeness (QED) is 0.806. The molecule has 1 atom stereocenters. The molecule has 0 saturated heterocycles. The van der Waals surface area contributed by atoms with Crippen molar-refractivity contribution in [2.24, 2.45) is 7.05 Å². The van der Waals surface area contributed by atoms with Gasteiger partial charge in [0.1, 0.15) is 11.9 Å². The van der Waals surface area contributed by atoms with Crippen molar-refractivity contribution in [3.8, 4) is 0 Å². The zero-order valence-corrected chi connectivity index (χ0v) is 13.6. The van der Waals surface area contributed by atoms with Crippen LogP contribution in [0.25, 0.3) is 0 Å². The average Bonchev–Trinajstić information content (AvgIpc) is 2.91. The normalized spacial score (nSPS) is 13.2. The maximum atomic E-state index is 13.4. The minimum absolute atomic E-state index is 0.130. The molecule has 0 spiro atoms. The minimum atomic E-state index is -4.89. The number of halogens is 4. The van der Waals surface area contributed by atoms with Crippen molar-refractivity contribution < 1.29 is 27.5 Å². The van der Waals surface area contributed by atoms with E-state index >= 15 is 0 Å². The van der Waals surface area contributed by atoms with Gasteiger partial charge < -0.3 is 5.11 Å². The number of carboxylic acids is 1. The second-order valence-corrected chi connectivity index (χ2v) is 5.73. The van der Waals surface area contributed by atoms with Crippen LogP contribution in [0.15, 0.2) is 30.6 Å². The van der Waals surface area contributed by atoms with Gasteiger partial charge in [0.15, 0.2) is 0 Å². The van der Waals surface area contributed by atoms with Crippen molar-refractivity contribution in [2.45, 2.75) is 18.6 Å². The molecular formula is C16H17F4N3O2. The summed E-state index contributed by atoms with van der Waals surface area (Å²) in [5.74, 6) is -2.74. The summed E-state index contributed by atoms with van der Waals surface area (Å²) >= 11 is 0. The lowest BCUT2D eigenvalue weighted by Gasteiger charge is -2.25. The number of hydrogen-bond acceptors (Lipinski definition) is 3. The molecule has 25 heavy (non-hydrogen) atoms. The van der Waals surface area contributed by atoms with Gasteiger partial charge in [-0.05, 0) is 36.7 Å². The second kappa shape index (κ2) is 7.22. The molecule has 0 radical (unpaired) electrons. The van der Waals surface area contributed by atoms with Crippen molar-refractivity contribution >= 4 is 5.97 Å². The molecule has 0 bridgehead atoms. The summed E-state index contributed by atoms with van der Waals surface area (Å²) in [5, 5.41) is 13.4. The molecule has 0 unspecified atom stereocenters. The zero-order valence-electron chi connectivity index (χ0n) is 13.6. The fourth-order valence-electron chi connectivity index (χ4n) is 2.55. The number of carboxylic acid groups (broad SMARTS) is 1. The fraction of sp³-hybridized carbons (Fsp3) is 0.375. The van der Waals surface area contributed by atoms with E-state index < -0.39 is 29.6 Å². The molecule has 5 nitrogen and oxygen atoms in total. The van der Waals surface area contributed by atoms with Crippen LogP contribution in [0, 0.1) is 5.82 Å². The molecule has 0 aliphatic rings. The predicted molar refractivity (Wildman–Crippen MR) is 81.3 cm³/mol. The first kappa shape index (κ1) is 18.9. The van der Waals surface area contributed by atoms with Crippen molar-refractivity contribution in [1.29, 1.82) is 0 Å². The van der Waals surface area contributed by atoms with Gasteiger partial charge in [-0.2, -0.15) is 18.3 Å². The number of likely N-dealkylation sites (N-methyl/N-ethyl adjacent to an activating group) is 1. The molecule has 2 aromatic rings. The Labute approximate surface area is 141 Å². The lowest BCUT2D eigenvalue weighted by atomic mass is 10.0. The molecule has 1 heterocycles. The molecular weight excluding hydrogens is 342 g/mol. The summed E-state index contributed by atoms with van der Waals surface area (Å²) in [6.45, 7) is 0.279. The summed E-state index contributed by atoms with van der Waals surface area (Å²) in [6.07, 6.45) is -1.02. The average molecular weight is 359 g/mol. The molecule has 0 amide bonds. The summed E-state index contributed by atoms with van der Waals surface area (Å²) in [6, 6.07) is 0.931. The predicted octanol–water partition coefficient (Wildman–Crippen LogP) is 2.88. The van der Waals surface area contributed by atoms with Crippen molar-refractivity contribution in [1.82, 2.24) is 14.7 Å². The van der Waals surface area contributed by atoms with Gasteiger partial charge in [0, 0.05) is 19.8 Å². The van der Waals surface area contributed by atoms with E-state index in [0.717, 1.165) is 11.6 Å². The second-order valence-electron chi connectivity index (χ2n) is 5.73. The first-order valence-electron chi connectivity index (χ1n) is 7.37. The van der Waals surface area contributed by atoms with E-state index in [1.54, 1.807) is 24.1 Å². The molecule has 2 rings (SSSR count). The maximum absolute atomic E-state index is 13.4. The summed E-state index contributed by atoms with van der Waals surface area (Å²) in [7, 11) is 3.23. The number of carbonyl (C=O) groups is 1. The first-order valence-corrected chi connectivity index (χ1v) is 7.37. The smallest absolute Gasteiger partial charge is 0.419 e. The minimum Gasteiger partial charge on any atom is -0.480 e. The Hall–Kier alpha value is -2.42. The molecule has 1 N–H and O–H groups in total. The SMILES string of the molecule is CN(CCc1cnn(C)c1)[C@H](C(=O)O)c1ccc(F)c(C(F)(F)F)c1. The molecule has 136 valence electrons. The standard InChI is InChI=1S/C16H17F4N3O2/c1-22(6-5-10-8-21-23(2)9-10)14(15(24)25)11-3-4-13(17)12(7-11)16(18,19)20/h3-4,7-9,14H,5-6H2,1-2H3,(H,24,25)/t14-/m0/s1. The van der Waals surface area contributed by atoms with E-state index in [1.165, 1.54) is 11.9 Å². The Morgan fingerprint density at radius 1 is 1.40 bits per heavy atom. The van der Waals surface area contributed by atoms with Gasteiger partial charge in [0.25, 0.3) is 0 Å². The number of rotatable bonds is 6. The Morgan fingerprint density at radius 3 is 2.60 bits per heavy atom. The summed E-state index contributed by atoms with van der Waals surface area (Å²) in [4.78, 5) is 13.0. The van der Waals surface area contributed by atoms with Crippen LogP contribution in [-0.4, -0.2) is 39.3 Å². The molecule has 0 saturated carbocycles. The van der Waals surface area contributed by atoms with Crippen LogP contribution < -0.4 is 0 Å². The van der Waals surface area contributed by atoms with Crippen LogP contribution in [0.1, 0.15) is 22.7 Å². The highest BCUT2D eigenvalue weighted by atomic mass is 19.4. The number of aromatic nitrogens is 2. The van der Waals surface area contributed by atoms with Crippen LogP contribution in [0.4, 0.5) is 17.6 Å². The molecule has 9 heteroatoms. The van der Waals surface area contributed by atoms with Gasteiger partial charge in [0.05, 0.1) is 11.8 Å². The summed E-state index contributed by atoms with van der Waals surface area (Å²) < 4.78 is 53.6. The Kier molecular flexibility index (Phi) is 5.46.